The third-order valence-electron chi connectivity index (χ3n) is 4.67. The van der Waals surface area contributed by atoms with Gasteiger partial charge in [-0.1, -0.05) is 6.07 Å². The van der Waals surface area contributed by atoms with E-state index in [9.17, 15) is 19.8 Å². The van der Waals surface area contributed by atoms with Crippen LogP contribution in [-0.2, 0) is 25.5 Å². The molecule has 0 saturated carbocycles. The average molecular weight is 378 g/mol. The second kappa shape index (κ2) is 7.55. The number of nitrogens with two attached hydrogens (primary N) is 1. The van der Waals surface area contributed by atoms with Crippen molar-refractivity contribution in [2.75, 3.05) is 14.2 Å². The molecule has 0 unspecified atom stereocenters. The number of hydrogen-bond acceptors (Lipinski definition) is 7. The van der Waals surface area contributed by atoms with E-state index in [-0.39, 0.29) is 12.8 Å². The quantitative estimate of drug-likeness (QED) is 0.617. The van der Waals surface area contributed by atoms with E-state index in [1.807, 2.05) is 0 Å². The zero-order chi connectivity index (χ0) is 19.7. The summed E-state index contributed by atoms with van der Waals surface area (Å²) in [6.07, 6.45) is -3.07. The van der Waals surface area contributed by atoms with E-state index in [4.69, 9.17) is 19.9 Å². The molecule has 1 fully saturated rings. The lowest BCUT2D eigenvalue weighted by atomic mass is 10.0. The Kier molecular flexibility index (Phi) is 5.36. The number of esters is 1. The van der Waals surface area contributed by atoms with Crippen molar-refractivity contribution in [1.29, 1.82) is 0 Å². The number of amides is 1. The van der Waals surface area contributed by atoms with Crippen LogP contribution in [0.25, 0.3) is 10.9 Å². The van der Waals surface area contributed by atoms with Gasteiger partial charge in [-0.25, -0.2) is 4.79 Å². The number of rotatable bonds is 5. The number of fused-ring (bicyclic) bond motifs is 1. The normalized spacial score (nSPS) is 25.3. The van der Waals surface area contributed by atoms with Crippen molar-refractivity contribution in [3.63, 3.8) is 0 Å². The predicted octanol–water partition coefficient (Wildman–Crippen LogP) is -0.140. The molecule has 1 aliphatic rings. The molecule has 1 amide bonds. The first-order valence-corrected chi connectivity index (χ1v) is 8.41. The van der Waals surface area contributed by atoms with E-state index in [0.717, 1.165) is 0 Å². The maximum atomic E-state index is 11.9. The van der Waals surface area contributed by atoms with Crippen LogP contribution in [-0.4, -0.2) is 59.2 Å². The lowest BCUT2D eigenvalue weighted by molar-refractivity contribution is -0.209. The largest absolute Gasteiger partial charge is 0.496 e. The van der Waals surface area contributed by atoms with Gasteiger partial charge in [0.25, 0.3) is 0 Å². The van der Waals surface area contributed by atoms with Crippen LogP contribution in [0.1, 0.15) is 18.2 Å². The Labute approximate surface area is 155 Å². The lowest BCUT2D eigenvalue weighted by Gasteiger charge is -2.36. The molecule has 0 radical (unpaired) electrons. The van der Waals surface area contributed by atoms with Crippen LogP contribution in [0.3, 0.4) is 0 Å². The van der Waals surface area contributed by atoms with Crippen molar-refractivity contribution in [2.45, 2.75) is 37.4 Å². The van der Waals surface area contributed by atoms with E-state index in [2.05, 4.69) is 0 Å². The van der Waals surface area contributed by atoms with Crippen molar-refractivity contribution in [1.82, 2.24) is 4.57 Å². The maximum absolute atomic E-state index is 11.9. The Morgan fingerprint density at radius 1 is 1.33 bits per heavy atom. The molecule has 0 aliphatic carbocycles. The smallest absolute Gasteiger partial charge is 0.335 e. The van der Waals surface area contributed by atoms with Crippen molar-refractivity contribution in [3.05, 3.63) is 30.0 Å². The summed E-state index contributed by atoms with van der Waals surface area (Å²) in [4.78, 5) is 23.4. The van der Waals surface area contributed by atoms with E-state index in [0.29, 0.717) is 22.2 Å². The molecule has 4 atom stereocenters. The Balaban J connectivity index is 2.12. The van der Waals surface area contributed by atoms with Crippen molar-refractivity contribution in [2.24, 2.45) is 5.73 Å². The number of primary amides is 1. The van der Waals surface area contributed by atoms with Gasteiger partial charge in [0, 0.05) is 18.0 Å². The van der Waals surface area contributed by atoms with Gasteiger partial charge in [-0.05, 0) is 17.7 Å². The van der Waals surface area contributed by atoms with E-state index in [1.165, 1.54) is 14.2 Å². The fourth-order valence-corrected chi connectivity index (χ4v) is 3.43. The molecule has 146 valence electrons. The van der Waals surface area contributed by atoms with Gasteiger partial charge in [0.1, 0.15) is 11.9 Å². The van der Waals surface area contributed by atoms with Crippen LogP contribution in [0.15, 0.2) is 24.4 Å². The minimum Gasteiger partial charge on any atom is -0.496 e. The zero-order valence-electron chi connectivity index (χ0n) is 15.0. The molecule has 1 saturated heterocycles. The average Bonchev–Trinajstić information content (AvgIpc) is 3.01. The van der Waals surface area contributed by atoms with Crippen LogP contribution in [0.5, 0.6) is 5.75 Å². The van der Waals surface area contributed by atoms with Gasteiger partial charge >= 0.3 is 5.97 Å². The fourth-order valence-electron chi connectivity index (χ4n) is 3.43. The number of aromatic nitrogens is 1. The molecule has 1 aliphatic heterocycles. The van der Waals surface area contributed by atoms with Gasteiger partial charge in [-0.2, -0.15) is 0 Å². The minimum atomic E-state index is -1.28. The first-order chi connectivity index (χ1) is 12.9. The first-order valence-electron chi connectivity index (χ1n) is 8.41. The Morgan fingerprint density at radius 2 is 2.07 bits per heavy atom. The van der Waals surface area contributed by atoms with Crippen LogP contribution < -0.4 is 10.5 Å². The van der Waals surface area contributed by atoms with Crippen LogP contribution >= 0.6 is 0 Å². The summed E-state index contributed by atoms with van der Waals surface area (Å²) in [5.41, 5.74) is 6.54. The number of nitrogens with zero attached hydrogens (tertiary/aromatic N) is 1. The molecular formula is C18H22N2O7. The van der Waals surface area contributed by atoms with Gasteiger partial charge < -0.3 is 34.7 Å². The van der Waals surface area contributed by atoms with Gasteiger partial charge in [-0.15, -0.1) is 0 Å². The zero-order valence-corrected chi connectivity index (χ0v) is 15.0. The van der Waals surface area contributed by atoms with Gasteiger partial charge in [0.2, 0.25) is 5.91 Å². The predicted molar refractivity (Wildman–Crippen MR) is 93.9 cm³/mol. The second-order valence-corrected chi connectivity index (χ2v) is 6.39. The van der Waals surface area contributed by atoms with E-state index >= 15 is 0 Å². The number of carbonyl (C=O) groups excluding carboxylic acids is 2. The van der Waals surface area contributed by atoms with Crippen molar-refractivity contribution < 1.29 is 34.0 Å². The summed E-state index contributed by atoms with van der Waals surface area (Å²) in [5.74, 6) is -0.646. The Bertz CT molecular complexity index is 863. The van der Waals surface area contributed by atoms with Crippen molar-refractivity contribution >= 4 is 22.8 Å². The molecule has 0 bridgehead atoms. The van der Waals surface area contributed by atoms with E-state index < -0.39 is 36.4 Å². The van der Waals surface area contributed by atoms with Crippen LogP contribution in [0, 0.1) is 0 Å². The number of methoxy groups -OCH3 is 2. The first kappa shape index (κ1) is 19.2. The number of ether oxygens (including phenoxy) is 3. The van der Waals surface area contributed by atoms with Crippen molar-refractivity contribution in [3.8, 4) is 5.75 Å². The molecule has 0 spiro atoms. The highest BCUT2D eigenvalue weighted by Gasteiger charge is 2.41. The summed E-state index contributed by atoms with van der Waals surface area (Å²) >= 11 is 0. The van der Waals surface area contributed by atoms with E-state index in [1.54, 1.807) is 29.0 Å². The highest BCUT2D eigenvalue weighted by atomic mass is 16.6. The maximum Gasteiger partial charge on any atom is 0.335 e. The molecule has 4 N–H and O–H groups in total. The lowest BCUT2D eigenvalue weighted by Crippen LogP contribution is -2.48. The topological polar surface area (TPSA) is 133 Å². The summed E-state index contributed by atoms with van der Waals surface area (Å²) in [5, 5.41) is 21.3. The SMILES string of the molecule is COC(=O)[C@@H]1C[C@@H](O)[C@@H](O)[C@H](n2cc(CC(N)=O)c3c(OC)cccc32)O1. The molecule has 2 aromatic rings. The molecule has 3 rings (SSSR count). The number of benzene rings is 1. The molecule has 27 heavy (non-hydrogen) atoms. The van der Waals surface area contributed by atoms with Crippen LogP contribution in [0.2, 0.25) is 0 Å². The molecule has 9 heteroatoms. The summed E-state index contributed by atoms with van der Waals surface area (Å²) < 4.78 is 17.4. The number of aliphatic hydroxyl groups excluding tert-OH is 2. The third kappa shape index (κ3) is 3.48. The Hall–Kier alpha value is -2.62. The third-order valence-corrected chi connectivity index (χ3v) is 4.67. The highest BCUT2D eigenvalue weighted by Crippen LogP contribution is 2.36. The molecular weight excluding hydrogens is 356 g/mol. The molecule has 9 nitrogen and oxygen atoms in total. The standard InChI is InChI=1S/C18H22N2O7/c1-25-12-5-3-4-10-15(12)9(6-14(19)22)8-20(10)17-16(23)11(21)7-13(27-17)18(24)26-2/h3-5,8,11,13,16-17,21,23H,6-7H2,1-2H3,(H2,19,22)/t11-,13+,16-,17-/m1/s1. The molecule has 1 aromatic heterocycles. The fraction of sp³-hybridized carbons (Fsp3) is 0.444. The van der Waals surface area contributed by atoms with Gasteiger partial charge in [0.05, 0.1) is 32.3 Å². The van der Waals surface area contributed by atoms with Crippen LogP contribution in [0.4, 0.5) is 0 Å². The minimum absolute atomic E-state index is 0.0460. The monoisotopic (exact) mass is 378 g/mol. The Morgan fingerprint density at radius 3 is 2.70 bits per heavy atom. The summed E-state index contributed by atoms with van der Waals surface area (Å²) in [6, 6.07) is 5.24. The summed E-state index contributed by atoms with van der Waals surface area (Å²) in [7, 11) is 2.72. The molecule has 2 heterocycles. The number of aliphatic hydroxyl groups is 2. The number of hydrogen-bond donors (Lipinski definition) is 3. The number of carbonyl (C=O) groups is 2. The van der Waals surface area contributed by atoms with Gasteiger partial charge in [-0.3, -0.25) is 4.79 Å². The highest BCUT2D eigenvalue weighted by molar-refractivity contribution is 5.93. The molecule has 1 aromatic carbocycles. The second-order valence-electron chi connectivity index (χ2n) is 6.39. The summed E-state index contributed by atoms with van der Waals surface area (Å²) in [6.45, 7) is 0. The van der Waals surface area contributed by atoms with Gasteiger partial charge in [0.15, 0.2) is 12.3 Å².